The van der Waals surface area contributed by atoms with E-state index in [-0.39, 0.29) is 17.1 Å². The highest BCUT2D eigenvalue weighted by atomic mass is 16.2. The molecule has 0 aliphatic carbocycles. The van der Waals surface area contributed by atoms with Crippen LogP contribution < -0.4 is 10.6 Å². The molecule has 2 amide bonds. The second kappa shape index (κ2) is 5.57. The summed E-state index contributed by atoms with van der Waals surface area (Å²) in [7, 11) is 0. The van der Waals surface area contributed by atoms with Crippen LogP contribution in [-0.4, -0.2) is 18.4 Å². The molecule has 20 heavy (non-hydrogen) atoms. The first-order chi connectivity index (χ1) is 9.61. The minimum absolute atomic E-state index is 0.117. The van der Waals surface area contributed by atoms with E-state index in [1.807, 2.05) is 19.1 Å². The molecule has 1 heterocycles. The molecule has 0 spiro atoms. The van der Waals surface area contributed by atoms with E-state index in [0.717, 1.165) is 18.5 Å². The van der Waals surface area contributed by atoms with Crippen LogP contribution in [0.5, 0.6) is 0 Å². The van der Waals surface area contributed by atoms with E-state index in [4.69, 9.17) is 11.0 Å². The number of benzene rings is 1. The van der Waals surface area contributed by atoms with E-state index in [1.165, 1.54) is 0 Å². The predicted molar refractivity (Wildman–Crippen MR) is 75.4 cm³/mol. The number of anilines is 1. The predicted octanol–water partition coefficient (Wildman–Crippen LogP) is 1.60. The van der Waals surface area contributed by atoms with Crippen LogP contribution in [0.3, 0.4) is 0 Å². The molecule has 0 unspecified atom stereocenters. The zero-order valence-electron chi connectivity index (χ0n) is 11.2. The number of carbonyl (C=O) groups excluding carboxylic acids is 2. The molecule has 1 aliphatic rings. The Kier molecular flexibility index (Phi) is 3.85. The van der Waals surface area contributed by atoms with Gasteiger partial charge in [-0.05, 0) is 12.5 Å². The van der Waals surface area contributed by atoms with Gasteiger partial charge in [0.25, 0.3) is 11.8 Å². The highest BCUT2D eigenvalue weighted by Gasteiger charge is 2.35. The third-order valence-corrected chi connectivity index (χ3v) is 3.27. The average molecular weight is 269 g/mol. The number of fused-ring (bicyclic) bond motifs is 1. The number of hydrogen-bond acceptors (Lipinski definition) is 3. The van der Waals surface area contributed by atoms with Crippen molar-refractivity contribution >= 4 is 23.1 Å². The molecule has 0 atom stereocenters. The fourth-order valence-corrected chi connectivity index (χ4v) is 2.29. The Morgan fingerprint density at radius 1 is 1.40 bits per heavy atom. The molecular formula is C15H15N3O2. The van der Waals surface area contributed by atoms with E-state index in [2.05, 4.69) is 0 Å². The highest BCUT2D eigenvalue weighted by molar-refractivity contribution is 6.36. The number of nitrogens with zero attached hydrogens (tertiary/aromatic N) is 2. The maximum absolute atomic E-state index is 12.5. The number of nitriles is 1. The van der Waals surface area contributed by atoms with E-state index in [0.29, 0.717) is 12.1 Å². The smallest absolute Gasteiger partial charge is 0.260 e. The van der Waals surface area contributed by atoms with Crippen molar-refractivity contribution in [2.24, 2.45) is 5.73 Å². The number of primary amides is 1. The van der Waals surface area contributed by atoms with Crippen LogP contribution in [0.25, 0.3) is 5.57 Å². The number of carbonyl (C=O) groups is 2. The van der Waals surface area contributed by atoms with Crippen molar-refractivity contribution in [3.05, 3.63) is 35.4 Å². The molecule has 0 radical (unpaired) electrons. The number of nitrogens with two attached hydrogens (primary N) is 1. The summed E-state index contributed by atoms with van der Waals surface area (Å²) in [6.45, 7) is 2.60. The lowest BCUT2D eigenvalue weighted by Gasteiger charge is -2.16. The molecular weight excluding hydrogens is 254 g/mol. The van der Waals surface area contributed by atoms with Crippen LogP contribution in [-0.2, 0) is 9.59 Å². The molecule has 0 aromatic heterocycles. The quantitative estimate of drug-likeness (QED) is 0.665. The van der Waals surface area contributed by atoms with Gasteiger partial charge in [-0.1, -0.05) is 31.5 Å². The summed E-state index contributed by atoms with van der Waals surface area (Å²) < 4.78 is 0. The van der Waals surface area contributed by atoms with Gasteiger partial charge in [0.05, 0.1) is 11.3 Å². The number of para-hydroxylation sites is 1. The molecule has 1 aromatic rings. The van der Waals surface area contributed by atoms with Gasteiger partial charge in [0.1, 0.15) is 11.6 Å². The van der Waals surface area contributed by atoms with Crippen molar-refractivity contribution < 1.29 is 9.59 Å². The van der Waals surface area contributed by atoms with Crippen LogP contribution in [0.4, 0.5) is 5.69 Å². The summed E-state index contributed by atoms with van der Waals surface area (Å²) >= 11 is 0. The summed E-state index contributed by atoms with van der Waals surface area (Å²) in [4.78, 5) is 25.5. The number of rotatable bonds is 4. The Balaban J connectivity index is 2.60. The normalized spacial score (nSPS) is 15.8. The monoisotopic (exact) mass is 269 g/mol. The van der Waals surface area contributed by atoms with Crippen LogP contribution in [0.2, 0.25) is 0 Å². The Bertz CT molecular complexity index is 641. The Morgan fingerprint density at radius 2 is 2.10 bits per heavy atom. The lowest BCUT2D eigenvalue weighted by Crippen LogP contribution is -2.28. The molecule has 2 N–H and O–H groups in total. The third kappa shape index (κ3) is 2.16. The molecule has 0 saturated carbocycles. The standard InChI is InChI=1S/C15H15N3O2/c1-2-3-8-18-12-7-5-4-6-10(12)13(15(18)20)11(9-16)14(17)19/h4-7H,2-3,8H2,1H3,(H2,17,19)/b13-11-. The molecule has 102 valence electrons. The summed E-state index contributed by atoms with van der Waals surface area (Å²) in [6.07, 6.45) is 1.80. The zero-order chi connectivity index (χ0) is 14.7. The SMILES string of the molecule is CCCCN1C(=O)/C(=C(/C#N)C(N)=O)c2ccccc21. The largest absolute Gasteiger partial charge is 0.365 e. The van der Waals surface area contributed by atoms with Gasteiger partial charge in [0.2, 0.25) is 0 Å². The van der Waals surface area contributed by atoms with Gasteiger partial charge < -0.3 is 10.6 Å². The van der Waals surface area contributed by atoms with Crippen LogP contribution in [0.1, 0.15) is 25.3 Å². The van der Waals surface area contributed by atoms with Crippen molar-refractivity contribution in [3.8, 4) is 6.07 Å². The average Bonchev–Trinajstić information content (AvgIpc) is 2.71. The van der Waals surface area contributed by atoms with Crippen LogP contribution in [0, 0.1) is 11.3 Å². The molecule has 2 rings (SSSR count). The first-order valence-corrected chi connectivity index (χ1v) is 6.47. The highest BCUT2D eigenvalue weighted by Crippen LogP contribution is 2.38. The van der Waals surface area contributed by atoms with Crippen LogP contribution in [0.15, 0.2) is 29.8 Å². The Morgan fingerprint density at radius 3 is 2.70 bits per heavy atom. The van der Waals surface area contributed by atoms with Gasteiger partial charge in [0, 0.05) is 12.1 Å². The third-order valence-electron chi connectivity index (χ3n) is 3.27. The Hall–Kier alpha value is -2.61. The maximum Gasteiger partial charge on any atom is 0.260 e. The molecule has 0 bridgehead atoms. The second-order valence-electron chi connectivity index (χ2n) is 4.55. The summed E-state index contributed by atoms with van der Waals surface area (Å²) in [5.41, 5.74) is 6.38. The lowest BCUT2D eigenvalue weighted by molar-refractivity contribution is -0.115. The summed E-state index contributed by atoms with van der Waals surface area (Å²) in [6, 6.07) is 8.88. The van der Waals surface area contributed by atoms with Crippen molar-refractivity contribution in [2.75, 3.05) is 11.4 Å². The molecule has 0 fully saturated rings. The summed E-state index contributed by atoms with van der Waals surface area (Å²) in [5, 5.41) is 9.08. The first-order valence-electron chi connectivity index (χ1n) is 6.47. The Labute approximate surface area is 117 Å². The maximum atomic E-state index is 12.5. The second-order valence-corrected chi connectivity index (χ2v) is 4.55. The van der Waals surface area contributed by atoms with Gasteiger partial charge >= 0.3 is 0 Å². The zero-order valence-corrected chi connectivity index (χ0v) is 11.2. The minimum atomic E-state index is -0.872. The van der Waals surface area contributed by atoms with Gasteiger partial charge in [0.15, 0.2) is 0 Å². The summed E-state index contributed by atoms with van der Waals surface area (Å²) in [5.74, 6) is -1.20. The van der Waals surface area contributed by atoms with Crippen molar-refractivity contribution in [1.82, 2.24) is 0 Å². The number of hydrogen-bond donors (Lipinski definition) is 1. The minimum Gasteiger partial charge on any atom is -0.365 e. The van der Waals surface area contributed by atoms with E-state index in [1.54, 1.807) is 23.1 Å². The van der Waals surface area contributed by atoms with E-state index in [9.17, 15) is 9.59 Å². The fraction of sp³-hybridized carbons (Fsp3) is 0.267. The van der Waals surface area contributed by atoms with E-state index >= 15 is 0 Å². The van der Waals surface area contributed by atoms with Gasteiger partial charge in [-0.25, -0.2) is 0 Å². The van der Waals surface area contributed by atoms with E-state index < -0.39 is 5.91 Å². The van der Waals surface area contributed by atoms with Crippen LogP contribution >= 0.6 is 0 Å². The van der Waals surface area contributed by atoms with Crippen molar-refractivity contribution in [3.63, 3.8) is 0 Å². The number of unbranched alkanes of at least 4 members (excludes halogenated alkanes) is 1. The van der Waals surface area contributed by atoms with Gasteiger partial charge in [-0.2, -0.15) is 5.26 Å². The van der Waals surface area contributed by atoms with Gasteiger partial charge in [-0.3, -0.25) is 9.59 Å². The molecule has 1 aliphatic heterocycles. The molecule has 5 nitrogen and oxygen atoms in total. The molecule has 5 heteroatoms. The lowest BCUT2D eigenvalue weighted by atomic mass is 10.0. The number of amides is 2. The van der Waals surface area contributed by atoms with Gasteiger partial charge in [-0.15, -0.1) is 0 Å². The molecule has 1 aromatic carbocycles. The fourth-order valence-electron chi connectivity index (χ4n) is 2.29. The topological polar surface area (TPSA) is 87.2 Å². The molecule has 0 saturated heterocycles. The first kappa shape index (κ1) is 13.8. The van der Waals surface area contributed by atoms with Crippen molar-refractivity contribution in [1.29, 1.82) is 5.26 Å². The van der Waals surface area contributed by atoms with Crippen molar-refractivity contribution in [2.45, 2.75) is 19.8 Å².